The van der Waals surface area contributed by atoms with Gasteiger partial charge in [0.25, 0.3) is 0 Å². The van der Waals surface area contributed by atoms with Crippen molar-refractivity contribution >= 4 is 6.08 Å². The van der Waals surface area contributed by atoms with Crippen molar-refractivity contribution in [1.29, 1.82) is 0 Å². The van der Waals surface area contributed by atoms with E-state index in [2.05, 4.69) is 43.3 Å². The molecular weight excluding hydrogens is 168 g/mol. The summed E-state index contributed by atoms with van der Waals surface area (Å²) in [4.78, 5) is 0. The molecule has 0 unspecified atom stereocenters. The highest BCUT2D eigenvalue weighted by Crippen LogP contribution is 2.32. The molecule has 1 aromatic carbocycles. The summed E-state index contributed by atoms with van der Waals surface area (Å²) in [6, 6.07) is 8.72. The second-order valence-corrected chi connectivity index (χ2v) is 3.90. The number of hydrogen-bond acceptors (Lipinski definition) is 0. The maximum Gasteiger partial charge on any atom is 0.00934 e. The van der Waals surface area contributed by atoms with Crippen LogP contribution in [0.5, 0.6) is 0 Å². The zero-order valence-electron chi connectivity index (χ0n) is 8.79. The molecule has 14 heavy (non-hydrogen) atoms. The van der Waals surface area contributed by atoms with E-state index in [0.717, 1.165) is 6.42 Å². The Kier molecular flexibility index (Phi) is 3.03. The minimum absolute atomic E-state index is 1.15. The van der Waals surface area contributed by atoms with Crippen LogP contribution in [0, 0.1) is 5.92 Å². The van der Waals surface area contributed by atoms with Crippen LogP contribution in [0.15, 0.2) is 30.3 Å². The molecule has 0 spiro atoms. The van der Waals surface area contributed by atoms with Crippen molar-refractivity contribution in [1.82, 2.24) is 0 Å². The molecule has 0 heteroatoms. The predicted octanol–water partition coefficient (Wildman–Crippen LogP) is 4.22. The fraction of sp³-hybridized carbons (Fsp3) is 0.357. The van der Waals surface area contributed by atoms with Crippen molar-refractivity contribution in [3.63, 3.8) is 0 Å². The summed E-state index contributed by atoms with van der Waals surface area (Å²) in [6.45, 7) is 2.26. The van der Waals surface area contributed by atoms with Gasteiger partial charge in [0.2, 0.25) is 0 Å². The van der Waals surface area contributed by atoms with Gasteiger partial charge in [0.15, 0.2) is 0 Å². The first kappa shape index (κ1) is 9.51. The van der Waals surface area contributed by atoms with Crippen LogP contribution < -0.4 is 0 Å². The van der Waals surface area contributed by atoms with Crippen molar-refractivity contribution in [2.45, 2.75) is 32.6 Å². The van der Waals surface area contributed by atoms with Crippen LogP contribution in [-0.4, -0.2) is 0 Å². The highest BCUT2D eigenvalue weighted by molar-refractivity contribution is 5.61. The minimum atomic E-state index is 1.15. The predicted molar refractivity (Wildman–Crippen MR) is 62.0 cm³/mol. The maximum absolute atomic E-state index is 2.29. The molecule has 0 saturated carbocycles. The quantitative estimate of drug-likeness (QED) is 0.661. The van der Waals surface area contributed by atoms with Gasteiger partial charge in [-0.25, -0.2) is 0 Å². The standard InChI is InChI=1S/C14H17/c1-2-3-7-12-9-6-10-13-8-4-5-11-14(12)13/h4-6,8,10-11H,2-3,7,9H2,1H3. The molecule has 0 aromatic heterocycles. The van der Waals surface area contributed by atoms with Crippen LogP contribution in [0.1, 0.15) is 43.7 Å². The van der Waals surface area contributed by atoms with Gasteiger partial charge in [0, 0.05) is 5.92 Å². The molecule has 0 nitrogen and oxygen atoms in total. The van der Waals surface area contributed by atoms with Gasteiger partial charge in [-0.1, -0.05) is 56.2 Å². The lowest BCUT2D eigenvalue weighted by Crippen LogP contribution is -2.04. The van der Waals surface area contributed by atoms with Crippen molar-refractivity contribution < 1.29 is 0 Å². The minimum Gasteiger partial charge on any atom is -0.0830 e. The second kappa shape index (κ2) is 4.45. The second-order valence-electron chi connectivity index (χ2n) is 3.90. The highest BCUT2D eigenvalue weighted by Gasteiger charge is 2.15. The Morgan fingerprint density at radius 3 is 2.93 bits per heavy atom. The molecule has 2 rings (SSSR count). The number of benzene rings is 1. The van der Waals surface area contributed by atoms with Gasteiger partial charge in [-0.3, -0.25) is 0 Å². The molecule has 0 atom stereocenters. The normalized spacial score (nSPS) is 15.5. The van der Waals surface area contributed by atoms with Crippen LogP contribution in [0.3, 0.4) is 0 Å². The number of hydrogen-bond donors (Lipinski definition) is 0. The third-order valence-corrected chi connectivity index (χ3v) is 2.84. The van der Waals surface area contributed by atoms with Crippen LogP contribution in [0.2, 0.25) is 0 Å². The number of unbranched alkanes of at least 4 members (excludes halogenated alkanes) is 1. The molecule has 1 aromatic rings. The molecule has 1 aliphatic carbocycles. The third-order valence-electron chi connectivity index (χ3n) is 2.84. The topological polar surface area (TPSA) is 0 Å². The first-order chi connectivity index (χ1) is 6.92. The Labute approximate surface area is 86.7 Å². The SMILES string of the molecule is CCCC[C]1CC=Cc2ccccc21. The molecule has 0 aliphatic heterocycles. The summed E-state index contributed by atoms with van der Waals surface area (Å²) in [5.41, 5.74) is 2.87. The Morgan fingerprint density at radius 1 is 1.21 bits per heavy atom. The molecule has 0 bridgehead atoms. The first-order valence-corrected chi connectivity index (χ1v) is 5.52. The summed E-state index contributed by atoms with van der Waals surface area (Å²) in [5.74, 6) is 1.62. The monoisotopic (exact) mass is 185 g/mol. The van der Waals surface area contributed by atoms with Crippen LogP contribution >= 0.6 is 0 Å². The fourth-order valence-corrected chi connectivity index (χ4v) is 2.03. The smallest absolute Gasteiger partial charge is 0.00934 e. The molecule has 0 fully saturated rings. The van der Waals surface area contributed by atoms with Crippen molar-refractivity contribution in [3.05, 3.63) is 47.4 Å². The largest absolute Gasteiger partial charge is 0.0830 e. The lowest BCUT2D eigenvalue weighted by molar-refractivity contribution is 0.721. The van der Waals surface area contributed by atoms with E-state index in [4.69, 9.17) is 0 Å². The van der Waals surface area contributed by atoms with E-state index in [0.29, 0.717) is 0 Å². The van der Waals surface area contributed by atoms with Crippen LogP contribution in [0.4, 0.5) is 0 Å². The Hall–Kier alpha value is -1.04. The van der Waals surface area contributed by atoms with Crippen molar-refractivity contribution in [2.24, 2.45) is 0 Å². The van der Waals surface area contributed by atoms with Gasteiger partial charge >= 0.3 is 0 Å². The van der Waals surface area contributed by atoms with Crippen molar-refractivity contribution in [3.8, 4) is 0 Å². The highest BCUT2D eigenvalue weighted by atomic mass is 14.2. The van der Waals surface area contributed by atoms with E-state index >= 15 is 0 Å². The third kappa shape index (κ3) is 1.89. The molecule has 1 radical (unpaired) electrons. The van der Waals surface area contributed by atoms with Gasteiger partial charge in [0.1, 0.15) is 0 Å². The Bertz CT molecular complexity index is 323. The Balaban J connectivity index is 2.18. The van der Waals surface area contributed by atoms with Gasteiger partial charge < -0.3 is 0 Å². The maximum atomic E-state index is 2.29. The van der Waals surface area contributed by atoms with Gasteiger partial charge in [-0.15, -0.1) is 0 Å². The zero-order chi connectivity index (χ0) is 9.80. The van der Waals surface area contributed by atoms with Crippen LogP contribution in [0.25, 0.3) is 6.08 Å². The summed E-state index contributed by atoms with van der Waals surface area (Å²) in [6.07, 6.45) is 9.54. The fourth-order valence-electron chi connectivity index (χ4n) is 2.03. The molecular formula is C14H17. The van der Waals surface area contributed by atoms with Gasteiger partial charge in [-0.05, 0) is 24.0 Å². The molecule has 73 valence electrons. The van der Waals surface area contributed by atoms with Gasteiger partial charge in [0.05, 0.1) is 0 Å². The van der Waals surface area contributed by atoms with E-state index in [9.17, 15) is 0 Å². The zero-order valence-corrected chi connectivity index (χ0v) is 8.79. The lowest BCUT2D eigenvalue weighted by Gasteiger charge is -2.20. The number of fused-ring (bicyclic) bond motifs is 1. The Morgan fingerprint density at radius 2 is 2.07 bits per heavy atom. The average Bonchev–Trinajstić information content (AvgIpc) is 2.26. The summed E-state index contributed by atoms with van der Waals surface area (Å²) < 4.78 is 0. The first-order valence-electron chi connectivity index (χ1n) is 5.52. The van der Waals surface area contributed by atoms with E-state index < -0.39 is 0 Å². The number of allylic oxidation sites excluding steroid dienone is 1. The molecule has 1 aliphatic rings. The number of rotatable bonds is 3. The van der Waals surface area contributed by atoms with E-state index in [1.807, 2.05) is 0 Å². The van der Waals surface area contributed by atoms with Crippen molar-refractivity contribution in [2.75, 3.05) is 0 Å². The molecule has 0 saturated heterocycles. The van der Waals surface area contributed by atoms with Gasteiger partial charge in [-0.2, -0.15) is 0 Å². The summed E-state index contributed by atoms with van der Waals surface area (Å²) >= 11 is 0. The van der Waals surface area contributed by atoms with E-state index in [-0.39, 0.29) is 0 Å². The molecule has 0 amide bonds. The van der Waals surface area contributed by atoms with E-state index in [1.54, 1.807) is 5.92 Å². The van der Waals surface area contributed by atoms with E-state index in [1.165, 1.54) is 30.4 Å². The summed E-state index contributed by atoms with van der Waals surface area (Å²) in [7, 11) is 0. The summed E-state index contributed by atoms with van der Waals surface area (Å²) in [5, 5.41) is 0. The molecule has 0 N–H and O–H groups in total. The molecule has 0 heterocycles. The van der Waals surface area contributed by atoms with Crippen LogP contribution in [-0.2, 0) is 0 Å². The lowest BCUT2D eigenvalue weighted by atomic mass is 9.84. The average molecular weight is 185 g/mol.